The minimum Gasteiger partial charge on any atom is -0.309 e. The maximum atomic E-state index is 12.4. The normalized spacial score (nSPS) is 11.7. The van der Waals surface area contributed by atoms with Gasteiger partial charge in [-0.3, -0.25) is 4.79 Å². The lowest BCUT2D eigenvalue weighted by Gasteiger charge is -2.03. The fraction of sp³-hybridized carbons (Fsp3) is 0.294. The number of H-pyrrole nitrogens is 1. The summed E-state index contributed by atoms with van der Waals surface area (Å²) in [7, 11) is 0. The predicted molar refractivity (Wildman–Crippen MR) is 106 cm³/mol. The van der Waals surface area contributed by atoms with Gasteiger partial charge in [0.2, 0.25) is 0 Å². The number of nitrogens with one attached hydrogen (secondary N) is 1. The number of hydrogen-bond donors (Lipinski definition) is 1. The summed E-state index contributed by atoms with van der Waals surface area (Å²) in [5.41, 5.74) is 2.19. The van der Waals surface area contributed by atoms with Gasteiger partial charge in [0.05, 0.1) is 11.1 Å². The number of hydrogen-bond acceptors (Lipinski definition) is 7. The van der Waals surface area contributed by atoms with E-state index in [0.717, 1.165) is 30.5 Å². The van der Waals surface area contributed by atoms with Crippen molar-refractivity contribution in [1.82, 2.24) is 19.9 Å². The summed E-state index contributed by atoms with van der Waals surface area (Å²) in [4.78, 5) is 33.0. The molecule has 0 aliphatic carbocycles. The van der Waals surface area contributed by atoms with Crippen molar-refractivity contribution in [3.05, 3.63) is 43.4 Å². The van der Waals surface area contributed by atoms with Crippen LogP contribution in [-0.2, 0) is 5.75 Å². The van der Waals surface area contributed by atoms with E-state index in [-0.39, 0.29) is 5.56 Å². The molecule has 0 bridgehead atoms. The lowest BCUT2D eigenvalue weighted by molar-refractivity contribution is 1.04. The summed E-state index contributed by atoms with van der Waals surface area (Å²) in [6.07, 6.45) is 1.60. The van der Waals surface area contributed by atoms with Crippen LogP contribution in [0.5, 0.6) is 0 Å². The first-order valence-corrected chi connectivity index (χ1v) is 10.4. The van der Waals surface area contributed by atoms with Gasteiger partial charge in [-0.25, -0.2) is 15.0 Å². The summed E-state index contributed by atoms with van der Waals surface area (Å²) in [6, 6.07) is 0. The number of rotatable bonds is 3. The predicted octanol–water partition coefficient (Wildman–Crippen LogP) is 4.52. The number of thiophene rings is 2. The third-order valence-electron chi connectivity index (χ3n) is 4.36. The molecule has 4 heterocycles. The van der Waals surface area contributed by atoms with Crippen LogP contribution >= 0.6 is 34.4 Å². The molecule has 0 radical (unpaired) electrons. The zero-order valence-corrected chi connectivity index (χ0v) is 16.7. The van der Waals surface area contributed by atoms with Crippen molar-refractivity contribution in [2.45, 2.75) is 38.5 Å². The lowest BCUT2D eigenvalue weighted by atomic mass is 10.2. The van der Waals surface area contributed by atoms with E-state index in [0.29, 0.717) is 17.0 Å². The van der Waals surface area contributed by atoms with E-state index >= 15 is 0 Å². The Bertz CT molecular complexity index is 1170. The number of nitrogens with zero attached hydrogens (tertiary/aromatic N) is 3. The highest BCUT2D eigenvalue weighted by Crippen LogP contribution is 2.35. The van der Waals surface area contributed by atoms with E-state index in [4.69, 9.17) is 0 Å². The molecule has 4 aromatic heterocycles. The zero-order valence-electron chi connectivity index (χ0n) is 14.3. The van der Waals surface area contributed by atoms with Gasteiger partial charge >= 0.3 is 0 Å². The first kappa shape index (κ1) is 16.7. The van der Waals surface area contributed by atoms with Crippen molar-refractivity contribution in [1.29, 1.82) is 0 Å². The molecule has 0 aromatic carbocycles. The van der Waals surface area contributed by atoms with E-state index in [9.17, 15) is 4.79 Å². The van der Waals surface area contributed by atoms with Gasteiger partial charge in [-0.15, -0.1) is 22.7 Å². The Morgan fingerprint density at radius 2 is 1.68 bits per heavy atom. The van der Waals surface area contributed by atoms with Crippen molar-refractivity contribution >= 4 is 54.9 Å². The number of aromatic nitrogens is 4. The van der Waals surface area contributed by atoms with Gasteiger partial charge in [0, 0.05) is 15.1 Å². The Kier molecular flexibility index (Phi) is 4.13. The molecule has 0 fully saturated rings. The molecule has 0 saturated heterocycles. The van der Waals surface area contributed by atoms with E-state index in [2.05, 4.69) is 33.8 Å². The van der Waals surface area contributed by atoms with Gasteiger partial charge in [-0.05, 0) is 38.8 Å². The standard InChI is InChI=1S/C17H16N4OS3/c1-7-9(3)25-17-12(7)14(22)20-11(21-17)5-23-15-13-8(2)10(4)24-16(13)19-6-18-15/h6H,5H2,1-4H3,(H,20,21,22). The average Bonchev–Trinajstić information content (AvgIpc) is 3.03. The molecular formula is C17H16N4OS3. The Hall–Kier alpha value is -1.77. The number of thioether (sulfide) groups is 1. The topological polar surface area (TPSA) is 71.5 Å². The number of aromatic amines is 1. The molecule has 5 nitrogen and oxygen atoms in total. The van der Waals surface area contributed by atoms with Crippen LogP contribution in [0.4, 0.5) is 0 Å². The highest BCUT2D eigenvalue weighted by Gasteiger charge is 2.15. The average molecular weight is 389 g/mol. The summed E-state index contributed by atoms with van der Waals surface area (Å²) < 4.78 is 0. The summed E-state index contributed by atoms with van der Waals surface area (Å²) in [5, 5.41) is 2.76. The van der Waals surface area contributed by atoms with Crippen LogP contribution in [0.25, 0.3) is 20.4 Å². The fourth-order valence-electron chi connectivity index (χ4n) is 2.76. The minimum absolute atomic E-state index is 0.0576. The lowest BCUT2D eigenvalue weighted by Crippen LogP contribution is -2.10. The maximum Gasteiger partial charge on any atom is 0.259 e. The van der Waals surface area contributed by atoms with E-state index in [1.165, 1.54) is 10.4 Å². The van der Waals surface area contributed by atoms with Crippen molar-refractivity contribution in [3.8, 4) is 0 Å². The van der Waals surface area contributed by atoms with Crippen molar-refractivity contribution in [2.75, 3.05) is 0 Å². The molecule has 1 N–H and O–H groups in total. The van der Waals surface area contributed by atoms with Crippen LogP contribution < -0.4 is 5.56 Å². The number of aryl methyl sites for hydroxylation is 4. The molecule has 4 rings (SSSR count). The van der Waals surface area contributed by atoms with Gasteiger partial charge in [-0.1, -0.05) is 11.8 Å². The second-order valence-corrected chi connectivity index (χ2v) is 9.28. The van der Waals surface area contributed by atoms with Crippen LogP contribution in [0.3, 0.4) is 0 Å². The molecule has 25 heavy (non-hydrogen) atoms. The maximum absolute atomic E-state index is 12.4. The molecule has 0 atom stereocenters. The van der Waals surface area contributed by atoms with Crippen LogP contribution in [0.1, 0.15) is 26.7 Å². The van der Waals surface area contributed by atoms with Crippen LogP contribution in [-0.4, -0.2) is 19.9 Å². The van der Waals surface area contributed by atoms with Crippen molar-refractivity contribution in [3.63, 3.8) is 0 Å². The highest BCUT2D eigenvalue weighted by molar-refractivity contribution is 7.98. The Labute approximate surface area is 156 Å². The van der Waals surface area contributed by atoms with Gasteiger partial charge in [0.1, 0.15) is 26.8 Å². The highest BCUT2D eigenvalue weighted by atomic mass is 32.2. The zero-order chi connectivity index (χ0) is 17.7. The van der Waals surface area contributed by atoms with Crippen molar-refractivity contribution in [2.24, 2.45) is 0 Å². The molecule has 8 heteroatoms. The first-order valence-electron chi connectivity index (χ1n) is 7.78. The van der Waals surface area contributed by atoms with E-state index < -0.39 is 0 Å². The van der Waals surface area contributed by atoms with E-state index in [1.54, 1.807) is 40.8 Å². The molecule has 0 aliphatic heterocycles. The third kappa shape index (κ3) is 2.78. The molecule has 0 saturated carbocycles. The Balaban J connectivity index is 1.70. The largest absolute Gasteiger partial charge is 0.309 e. The molecule has 0 amide bonds. The third-order valence-corrected chi connectivity index (χ3v) is 7.58. The summed E-state index contributed by atoms with van der Waals surface area (Å²) >= 11 is 4.85. The SMILES string of the molecule is Cc1sc2ncnc(SCc3nc4sc(C)c(C)c4c(=O)[nH]3)c2c1C. The summed E-state index contributed by atoms with van der Waals surface area (Å²) in [6.45, 7) is 8.20. The van der Waals surface area contributed by atoms with E-state index in [1.807, 2.05) is 13.8 Å². The quantitative estimate of drug-likeness (QED) is 0.413. The first-order chi connectivity index (χ1) is 12.0. The van der Waals surface area contributed by atoms with Gasteiger partial charge < -0.3 is 4.98 Å². The molecule has 0 aliphatic rings. The van der Waals surface area contributed by atoms with Crippen LogP contribution in [0.15, 0.2) is 16.1 Å². The molecule has 0 unspecified atom stereocenters. The molecule has 0 spiro atoms. The summed E-state index contributed by atoms with van der Waals surface area (Å²) in [5.74, 6) is 1.25. The fourth-order valence-corrected chi connectivity index (χ4v) is 5.80. The smallest absolute Gasteiger partial charge is 0.259 e. The molecular weight excluding hydrogens is 372 g/mol. The number of fused-ring (bicyclic) bond motifs is 2. The van der Waals surface area contributed by atoms with Crippen LogP contribution in [0, 0.1) is 27.7 Å². The minimum atomic E-state index is -0.0576. The Morgan fingerprint density at radius 3 is 2.44 bits per heavy atom. The second-order valence-electron chi connectivity index (χ2n) is 5.91. The monoisotopic (exact) mass is 388 g/mol. The van der Waals surface area contributed by atoms with Crippen molar-refractivity contribution < 1.29 is 0 Å². The van der Waals surface area contributed by atoms with Crippen LogP contribution in [0.2, 0.25) is 0 Å². The molecule has 4 aromatic rings. The van der Waals surface area contributed by atoms with Gasteiger partial charge in [0.25, 0.3) is 5.56 Å². The second kappa shape index (κ2) is 6.19. The molecule has 128 valence electrons. The van der Waals surface area contributed by atoms with Gasteiger partial charge in [-0.2, -0.15) is 0 Å². The Morgan fingerprint density at radius 1 is 1.00 bits per heavy atom. The van der Waals surface area contributed by atoms with Gasteiger partial charge in [0.15, 0.2) is 0 Å².